The maximum Gasteiger partial charge on any atom is 0.208 e. The van der Waals surface area contributed by atoms with E-state index >= 15 is 0 Å². The van der Waals surface area contributed by atoms with Crippen molar-refractivity contribution in [3.63, 3.8) is 0 Å². The van der Waals surface area contributed by atoms with Crippen LogP contribution in [0.5, 0.6) is 0 Å². The molecular formula is C8H4Cl2FN3S2. The minimum absolute atomic E-state index is 0.186. The Bertz CT molecular complexity index is 558. The van der Waals surface area contributed by atoms with Gasteiger partial charge in [-0.15, -0.1) is 5.10 Å². The maximum atomic E-state index is 12.9. The molecule has 16 heavy (non-hydrogen) atoms. The van der Waals surface area contributed by atoms with Gasteiger partial charge in [-0.05, 0) is 24.4 Å². The van der Waals surface area contributed by atoms with Crippen LogP contribution in [0.1, 0.15) is 0 Å². The first-order valence-electron chi connectivity index (χ1n) is 4.03. The number of nitrogens with one attached hydrogen (secondary N) is 2. The van der Waals surface area contributed by atoms with E-state index in [0.717, 1.165) is 0 Å². The highest BCUT2D eigenvalue weighted by Gasteiger charge is 2.10. The molecule has 0 fully saturated rings. The lowest BCUT2D eigenvalue weighted by molar-refractivity contribution is 0.628. The van der Waals surface area contributed by atoms with Crippen LogP contribution >= 0.6 is 46.8 Å². The summed E-state index contributed by atoms with van der Waals surface area (Å²) in [5.74, 6) is -0.491. The molecule has 2 N–H and O–H groups in total. The van der Waals surface area contributed by atoms with E-state index in [-0.39, 0.29) is 10.0 Å². The van der Waals surface area contributed by atoms with Crippen LogP contribution in [-0.2, 0) is 0 Å². The van der Waals surface area contributed by atoms with Crippen LogP contribution in [0.2, 0.25) is 10.0 Å². The topological polar surface area (TPSA) is 40.7 Å². The lowest BCUT2D eigenvalue weighted by Crippen LogP contribution is -1.92. The fourth-order valence-corrected chi connectivity index (χ4v) is 2.40. The second-order valence-corrected chi connectivity index (χ2v) is 5.27. The molecule has 84 valence electrons. The average molecular weight is 296 g/mol. The summed E-state index contributed by atoms with van der Waals surface area (Å²) in [5.41, 5.74) is 0.405. The van der Waals surface area contributed by atoms with E-state index in [1.165, 1.54) is 23.5 Å². The van der Waals surface area contributed by atoms with Crippen LogP contribution < -0.4 is 5.32 Å². The van der Waals surface area contributed by atoms with Crippen molar-refractivity contribution in [2.75, 3.05) is 5.32 Å². The van der Waals surface area contributed by atoms with Gasteiger partial charge in [-0.25, -0.2) is 4.39 Å². The standard InChI is InChI=1S/C8H4Cl2FN3S2/c9-4-1-3(11)2-5(10)6(4)12-7-13-14-8(15)16-7/h1-2H,(H,12,13)(H,14,15). The molecule has 0 atom stereocenters. The number of aromatic nitrogens is 2. The molecule has 0 aliphatic heterocycles. The summed E-state index contributed by atoms with van der Waals surface area (Å²) in [4.78, 5) is 0. The molecule has 8 heteroatoms. The molecule has 1 heterocycles. The minimum Gasteiger partial charge on any atom is -0.328 e. The summed E-state index contributed by atoms with van der Waals surface area (Å²) in [6, 6.07) is 2.34. The molecule has 2 aromatic rings. The lowest BCUT2D eigenvalue weighted by Gasteiger charge is -2.07. The Hall–Kier alpha value is -0.690. The van der Waals surface area contributed by atoms with E-state index in [4.69, 9.17) is 35.4 Å². The molecule has 3 nitrogen and oxygen atoms in total. The van der Waals surface area contributed by atoms with Crippen LogP contribution in [0.25, 0.3) is 0 Å². The Morgan fingerprint density at radius 1 is 1.38 bits per heavy atom. The Balaban J connectivity index is 2.38. The molecule has 0 unspecified atom stereocenters. The second-order valence-electron chi connectivity index (χ2n) is 2.79. The van der Waals surface area contributed by atoms with Crippen molar-refractivity contribution < 1.29 is 4.39 Å². The van der Waals surface area contributed by atoms with Crippen LogP contribution in [0, 0.1) is 9.77 Å². The van der Waals surface area contributed by atoms with Gasteiger partial charge in [0.1, 0.15) is 5.82 Å². The van der Waals surface area contributed by atoms with Gasteiger partial charge in [0.15, 0.2) is 3.95 Å². The Labute approximate surface area is 109 Å². The van der Waals surface area contributed by atoms with Gasteiger partial charge in [0.25, 0.3) is 0 Å². The van der Waals surface area contributed by atoms with E-state index in [2.05, 4.69) is 15.5 Å². The van der Waals surface area contributed by atoms with Crippen LogP contribution in [0.3, 0.4) is 0 Å². The third kappa shape index (κ3) is 2.52. The van der Waals surface area contributed by atoms with Gasteiger partial charge >= 0.3 is 0 Å². The van der Waals surface area contributed by atoms with E-state index in [1.54, 1.807) is 0 Å². The summed E-state index contributed by atoms with van der Waals surface area (Å²) in [5, 5.41) is 10.2. The van der Waals surface area contributed by atoms with Crippen LogP contribution in [0.4, 0.5) is 15.2 Å². The number of aromatic amines is 1. The second kappa shape index (κ2) is 4.67. The number of halogens is 3. The van der Waals surface area contributed by atoms with E-state index < -0.39 is 5.82 Å². The predicted molar refractivity (Wildman–Crippen MR) is 67.0 cm³/mol. The van der Waals surface area contributed by atoms with Crippen molar-refractivity contribution in [2.45, 2.75) is 0 Å². The Morgan fingerprint density at radius 2 is 2.00 bits per heavy atom. The van der Waals surface area contributed by atoms with Gasteiger partial charge in [-0.2, -0.15) is 0 Å². The van der Waals surface area contributed by atoms with Crippen molar-refractivity contribution in [1.82, 2.24) is 10.2 Å². The third-order valence-electron chi connectivity index (χ3n) is 1.68. The first-order chi connectivity index (χ1) is 7.56. The molecule has 0 aliphatic rings. The Morgan fingerprint density at radius 3 is 2.50 bits per heavy atom. The quantitative estimate of drug-likeness (QED) is 0.807. The number of H-pyrrole nitrogens is 1. The fourth-order valence-electron chi connectivity index (χ4n) is 1.05. The number of anilines is 2. The number of nitrogens with zero attached hydrogens (tertiary/aromatic N) is 1. The summed E-state index contributed by atoms with van der Waals surface area (Å²) < 4.78 is 13.4. The zero-order valence-corrected chi connectivity index (χ0v) is 10.7. The Kier molecular flexibility index (Phi) is 3.44. The van der Waals surface area contributed by atoms with Crippen LogP contribution in [0.15, 0.2) is 12.1 Å². The summed E-state index contributed by atoms with van der Waals surface area (Å²) in [7, 11) is 0. The van der Waals surface area contributed by atoms with Crippen molar-refractivity contribution in [3.8, 4) is 0 Å². The molecular weight excluding hydrogens is 292 g/mol. The highest BCUT2D eigenvalue weighted by Crippen LogP contribution is 2.34. The minimum atomic E-state index is -0.491. The SMILES string of the molecule is Fc1cc(Cl)c(Nc2n[nH]c(=S)s2)c(Cl)c1. The first-order valence-corrected chi connectivity index (χ1v) is 6.01. The van der Waals surface area contributed by atoms with E-state index in [1.807, 2.05) is 0 Å². The normalized spacial score (nSPS) is 10.4. The summed E-state index contributed by atoms with van der Waals surface area (Å²) in [6.45, 7) is 0. The zero-order valence-electron chi connectivity index (χ0n) is 7.55. The van der Waals surface area contributed by atoms with Gasteiger partial charge in [0.05, 0.1) is 15.7 Å². The van der Waals surface area contributed by atoms with Gasteiger partial charge in [0.2, 0.25) is 5.13 Å². The summed E-state index contributed by atoms with van der Waals surface area (Å²) >= 11 is 17.8. The number of hydrogen-bond acceptors (Lipinski definition) is 4. The van der Waals surface area contributed by atoms with Crippen molar-refractivity contribution in [3.05, 3.63) is 31.9 Å². The molecule has 1 aromatic carbocycles. The molecule has 0 saturated heterocycles. The molecule has 2 rings (SSSR count). The van der Waals surface area contributed by atoms with Gasteiger partial charge < -0.3 is 5.32 Å². The van der Waals surface area contributed by atoms with E-state index in [9.17, 15) is 4.39 Å². The smallest absolute Gasteiger partial charge is 0.208 e. The largest absolute Gasteiger partial charge is 0.328 e. The average Bonchev–Trinajstić information content (AvgIpc) is 2.58. The highest BCUT2D eigenvalue weighted by molar-refractivity contribution is 7.73. The molecule has 0 spiro atoms. The van der Waals surface area contributed by atoms with E-state index in [0.29, 0.717) is 14.8 Å². The zero-order chi connectivity index (χ0) is 11.7. The predicted octanol–water partition coefficient (Wildman–Crippen LogP) is 4.39. The van der Waals surface area contributed by atoms with Crippen molar-refractivity contribution in [2.24, 2.45) is 0 Å². The molecule has 0 saturated carbocycles. The molecule has 0 radical (unpaired) electrons. The summed E-state index contributed by atoms with van der Waals surface area (Å²) in [6.07, 6.45) is 0. The first kappa shape index (κ1) is 11.8. The van der Waals surface area contributed by atoms with Gasteiger partial charge in [0, 0.05) is 0 Å². The third-order valence-corrected chi connectivity index (χ3v) is 3.28. The fraction of sp³-hybridized carbons (Fsp3) is 0. The highest BCUT2D eigenvalue weighted by atomic mass is 35.5. The van der Waals surface area contributed by atoms with Crippen molar-refractivity contribution in [1.29, 1.82) is 0 Å². The molecule has 0 bridgehead atoms. The number of hydrogen-bond donors (Lipinski definition) is 2. The lowest BCUT2D eigenvalue weighted by atomic mass is 10.3. The van der Waals surface area contributed by atoms with Crippen molar-refractivity contribution >= 4 is 57.6 Å². The molecule has 0 aliphatic carbocycles. The monoisotopic (exact) mass is 295 g/mol. The van der Waals surface area contributed by atoms with Crippen LogP contribution in [-0.4, -0.2) is 10.2 Å². The number of rotatable bonds is 2. The van der Waals surface area contributed by atoms with Gasteiger partial charge in [-0.1, -0.05) is 34.5 Å². The maximum absolute atomic E-state index is 12.9. The molecule has 1 aromatic heterocycles. The number of benzene rings is 1. The van der Waals surface area contributed by atoms with Gasteiger partial charge in [-0.3, -0.25) is 5.10 Å². The molecule has 0 amide bonds.